The Kier molecular flexibility index (Phi) is 4.69. The van der Waals surface area contributed by atoms with E-state index in [4.69, 9.17) is 13.9 Å². The van der Waals surface area contributed by atoms with Crippen LogP contribution in [-0.4, -0.2) is 66.7 Å². The van der Waals surface area contributed by atoms with E-state index in [1.807, 2.05) is 6.92 Å². The van der Waals surface area contributed by atoms with Gasteiger partial charge < -0.3 is 18.8 Å². The fraction of sp³-hybridized carbons (Fsp3) is 0.588. The third-order valence-corrected chi connectivity index (χ3v) is 4.80. The molecule has 2 saturated heterocycles. The maximum absolute atomic E-state index is 12.6. The number of amides is 2. The zero-order valence-corrected chi connectivity index (χ0v) is 14.6. The van der Waals surface area contributed by atoms with E-state index in [-0.39, 0.29) is 18.6 Å². The first-order chi connectivity index (χ1) is 11.9. The summed E-state index contributed by atoms with van der Waals surface area (Å²) < 4.78 is 15.2. The Balaban J connectivity index is 1.65. The van der Waals surface area contributed by atoms with Crippen LogP contribution < -0.4 is 0 Å². The van der Waals surface area contributed by atoms with E-state index in [1.54, 1.807) is 17.9 Å². The number of carbonyl (C=O) groups is 3. The van der Waals surface area contributed by atoms with Crippen LogP contribution in [0, 0.1) is 13.8 Å². The molecule has 1 aromatic rings. The van der Waals surface area contributed by atoms with Crippen LogP contribution in [0.4, 0.5) is 4.79 Å². The molecule has 2 fully saturated rings. The Morgan fingerprint density at radius 1 is 1.24 bits per heavy atom. The molecule has 136 valence electrons. The highest BCUT2D eigenvalue weighted by molar-refractivity contribution is 5.95. The molecule has 0 bridgehead atoms. The lowest BCUT2D eigenvalue weighted by Gasteiger charge is -2.37. The monoisotopic (exact) mass is 350 g/mol. The molecule has 1 aromatic heterocycles. The van der Waals surface area contributed by atoms with Gasteiger partial charge in [-0.15, -0.1) is 0 Å². The average molecular weight is 350 g/mol. The molecule has 0 radical (unpaired) electrons. The number of methoxy groups -OCH3 is 1. The molecule has 2 amide bonds. The summed E-state index contributed by atoms with van der Waals surface area (Å²) in [5.74, 6) is 0.769. The van der Waals surface area contributed by atoms with E-state index in [1.165, 1.54) is 12.0 Å². The first-order valence-electron chi connectivity index (χ1n) is 8.31. The van der Waals surface area contributed by atoms with Crippen LogP contribution in [-0.2, 0) is 14.3 Å². The van der Waals surface area contributed by atoms with Crippen molar-refractivity contribution < 1.29 is 28.3 Å². The van der Waals surface area contributed by atoms with Gasteiger partial charge in [0.1, 0.15) is 18.1 Å². The van der Waals surface area contributed by atoms with Crippen LogP contribution in [0.2, 0.25) is 0 Å². The van der Waals surface area contributed by atoms with Gasteiger partial charge in [-0.25, -0.2) is 9.59 Å². The lowest BCUT2D eigenvalue weighted by Crippen LogP contribution is -2.52. The van der Waals surface area contributed by atoms with E-state index >= 15 is 0 Å². The van der Waals surface area contributed by atoms with Gasteiger partial charge in [0.15, 0.2) is 6.04 Å². The lowest BCUT2D eigenvalue weighted by atomic mass is 10.0. The van der Waals surface area contributed by atoms with Gasteiger partial charge in [-0.2, -0.15) is 0 Å². The van der Waals surface area contributed by atoms with Crippen LogP contribution >= 0.6 is 0 Å². The fourth-order valence-electron chi connectivity index (χ4n) is 3.51. The standard InChI is InChI=1S/C17H22N2O6/c1-10-8-13(11(2)25-10)15(20)18-6-4-12(5-7-18)19-14(16(21)23-3)9-24-17(19)22/h8,12,14H,4-7,9H2,1-3H3/t14-/m1/s1. The summed E-state index contributed by atoms with van der Waals surface area (Å²) in [7, 11) is 1.29. The third-order valence-electron chi connectivity index (χ3n) is 4.80. The Morgan fingerprint density at radius 2 is 1.92 bits per heavy atom. The van der Waals surface area contributed by atoms with Gasteiger partial charge in [0.05, 0.1) is 12.7 Å². The summed E-state index contributed by atoms with van der Waals surface area (Å²) in [5.41, 5.74) is 0.573. The van der Waals surface area contributed by atoms with Crippen molar-refractivity contribution in [3.05, 3.63) is 23.2 Å². The maximum Gasteiger partial charge on any atom is 0.410 e. The molecule has 0 unspecified atom stereocenters. The molecule has 2 aliphatic heterocycles. The molecule has 8 nitrogen and oxygen atoms in total. The Labute approximate surface area is 145 Å². The van der Waals surface area contributed by atoms with E-state index < -0.39 is 18.1 Å². The number of hydrogen-bond acceptors (Lipinski definition) is 6. The minimum absolute atomic E-state index is 0.0120. The van der Waals surface area contributed by atoms with Gasteiger partial charge in [-0.1, -0.05) is 0 Å². The van der Waals surface area contributed by atoms with Crippen molar-refractivity contribution >= 4 is 18.0 Å². The number of hydrogen-bond donors (Lipinski definition) is 0. The molecule has 1 atom stereocenters. The van der Waals surface area contributed by atoms with Crippen molar-refractivity contribution in [2.75, 3.05) is 26.8 Å². The molecule has 0 aliphatic carbocycles. The molecule has 0 saturated carbocycles. The minimum Gasteiger partial charge on any atom is -0.467 e. The quantitative estimate of drug-likeness (QED) is 0.768. The number of piperidine rings is 1. The molecule has 8 heteroatoms. The van der Waals surface area contributed by atoms with Crippen molar-refractivity contribution in [3.8, 4) is 0 Å². The smallest absolute Gasteiger partial charge is 0.410 e. The van der Waals surface area contributed by atoms with E-state index in [2.05, 4.69) is 0 Å². The molecular weight excluding hydrogens is 328 g/mol. The molecule has 3 rings (SSSR count). The zero-order valence-electron chi connectivity index (χ0n) is 14.6. The number of ether oxygens (including phenoxy) is 2. The molecule has 0 spiro atoms. The van der Waals surface area contributed by atoms with Crippen molar-refractivity contribution in [3.63, 3.8) is 0 Å². The van der Waals surface area contributed by atoms with E-state index in [0.29, 0.717) is 43.0 Å². The van der Waals surface area contributed by atoms with Crippen molar-refractivity contribution in [1.82, 2.24) is 9.80 Å². The molecular formula is C17H22N2O6. The number of aryl methyl sites for hydroxylation is 2. The molecule has 2 aliphatic rings. The average Bonchev–Trinajstić information content (AvgIpc) is 3.15. The van der Waals surface area contributed by atoms with Crippen LogP contribution in [0.15, 0.2) is 10.5 Å². The maximum atomic E-state index is 12.6. The summed E-state index contributed by atoms with van der Waals surface area (Å²) in [5, 5.41) is 0. The highest BCUT2D eigenvalue weighted by Crippen LogP contribution is 2.26. The van der Waals surface area contributed by atoms with E-state index in [9.17, 15) is 14.4 Å². The van der Waals surface area contributed by atoms with Crippen LogP contribution in [0.5, 0.6) is 0 Å². The first kappa shape index (κ1) is 17.3. The van der Waals surface area contributed by atoms with Crippen LogP contribution in [0.1, 0.15) is 34.7 Å². The Morgan fingerprint density at radius 3 is 2.48 bits per heavy atom. The summed E-state index contributed by atoms with van der Waals surface area (Å²) in [6, 6.07) is 0.897. The number of cyclic esters (lactones) is 1. The van der Waals surface area contributed by atoms with Crippen molar-refractivity contribution in [1.29, 1.82) is 0 Å². The number of likely N-dealkylation sites (tertiary alicyclic amines) is 1. The van der Waals surface area contributed by atoms with Gasteiger partial charge in [0.2, 0.25) is 0 Å². The second kappa shape index (κ2) is 6.78. The molecule has 25 heavy (non-hydrogen) atoms. The highest BCUT2D eigenvalue weighted by atomic mass is 16.6. The van der Waals surface area contributed by atoms with Crippen LogP contribution in [0.3, 0.4) is 0 Å². The Hall–Kier alpha value is -2.51. The van der Waals surface area contributed by atoms with Gasteiger partial charge in [-0.3, -0.25) is 9.69 Å². The number of furan rings is 1. The van der Waals surface area contributed by atoms with Crippen molar-refractivity contribution in [2.24, 2.45) is 0 Å². The largest absolute Gasteiger partial charge is 0.467 e. The second-order valence-electron chi connectivity index (χ2n) is 6.37. The minimum atomic E-state index is -0.705. The molecule has 0 N–H and O–H groups in total. The normalized spacial score (nSPS) is 21.4. The lowest BCUT2D eigenvalue weighted by molar-refractivity contribution is -0.145. The van der Waals surface area contributed by atoms with Gasteiger partial charge in [-0.05, 0) is 32.8 Å². The van der Waals surface area contributed by atoms with Gasteiger partial charge in [0, 0.05) is 19.1 Å². The number of carbonyl (C=O) groups excluding carboxylic acids is 3. The van der Waals surface area contributed by atoms with Gasteiger partial charge >= 0.3 is 12.1 Å². The summed E-state index contributed by atoms with van der Waals surface area (Å²) in [6.45, 7) is 4.60. The molecule has 0 aromatic carbocycles. The number of rotatable bonds is 3. The SMILES string of the molecule is COC(=O)[C@H]1COC(=O)N1C1CCN(C(=O)c2cc(C)oc2C)CC1. The third kappa shape index (κ3) is 3.20. The number of nitrogens with zero attached hydrogens (tertiary/aromatic N) is 2. The highest BCUT2D eigenvalue weighted by Gasteiger charge is 2.44. The van der Waals surface area contributed by atoms with E-state index in [0.717, 1.165) is 0 Å². The first-order valence-corrected chi connectivity index (χ1v) is 8.31. The van der Waals surface area contributed by atoms with Crippen LogP contribution in [0.25, 0.3) is 0 Å². The topological polar surface area (TPSA) is 89.3 Å². The van der Waals surface area contributed by atoms with Crippen molar-refractivity contribution in [2.45, 2.75) is 38.8 Å². The summed E-state index contributed by atoms with van der Waals surface area (Å²) in [4.78, 5) is 39.7. The second-order valence-corrected chi connectivity index (χ2v) is 6.37. The predicted molar refractivity (Wildman–Crippen MR) is 86.1 cm³/mol. The summed E-state index contributed by atoms with van der Waals surface area (Å²) >= 11 is 0. The zero-order chi connectivity index (χ0) is 18.1. The van der Waals surface area contributed by atoms with Gasteiger partial charge in [0.25, 0.3) is 5.91 Å². The Bertz CT molecular complexity index is 689. The fourth-order valence-corrected chi connectivity index (χ4v) is 3.51. The molecule has 3 heterocycles. The predicted octanol–water partition coefficient (Wildman–Crippen LogP) is 1.49. The number of esters is 1. The summed E-state index contributed by atoms with van der Waals surface area (Å²) in [6.07, 6.45) is 0.676.